The molecule has 0 amide bonds. The van der Waals surface area contributed by atoms with E-state index in [4.69, 9.17) is 4.42 Å². The Bertz CT molecular complexity index is 507. The van der Waals surface area contributed by atoms with Gasteiger partial charge in [-0.1, -0.05) is 30.3 Å². The normalized spacial score (nSPS) is 12.5. The lowest BCUT2D eigenvalue weighted by molar-refractivity contribution is -0.139. The van der Waals surface area contributed by atoms with E-state index in [-0.39, 0.29) is 0 Å². The second-order valence-corrected chi connectivity index (χ2v) is 4.58. The first-order valence-electron chi connectivity index (χ1n) is 6.15. The van der Waals surface area contributed by atoms with Gasteiger partial charge in [-0.3, -0.25) is 9.69 Å². The van der Waals surface area contributed by atoms with Gasteiger partial charge in [-0.25, -0.2) is 0 Å². The summed E-state index contributed by atoms with van der Waals surface area (Å²) in [6.07, 6.45) is 1.62. The van der Waals surface area contributed by atoms with E-state index >= 15 is 0 Å². The molecule has 0 aliphatic carbocycles. The molecule has 19 heavy (non-hydrogen) atoms. The highest BCUT2D eigenvalue weighted by molar-refractivity contribution is 5.76. The minimum Gasteiger partial charge on any atom is -0.481 e. The Kier molecular flexibility index (Phi) is 4.36. The molecule has 0 bridgehead atoms. The van der Waals surface area contributed by atoms with Crippen molar-refractivity contribution in [1.82, 2.24) is 4.90 Å². The molecule has 0 saturated heterocycles. The van der Waals surface area contributed by atoms with Crippen molar-refractivity contribution in [2.45, 2.75) is 12.5 Å². The summed E-state index contributed by atoms with van der Waals surface area (Å²) in [7, 11) is 1.89. The van der Waals surface area contributed by atoms with Gasteiger partial charge in [-0.15, -0.1) is 0 Å². The molecule has 1 aromatic heterocycles. The molecule has 0 aliphatic heterocycles. The molecule has 4 nitrogen and oxygen atoms in total. The lowest BCUT2D eigenvalue weighted by atomic mass is 9.99. The van der Waals surface area contributed by atoms with Crippen molar-refractivity contribution < 1.29 is 14.3 Å². The first-order chi connectivity index (χ1) is 9.16. The van der Waals surface area contributed by atoms with Crippen molar-refractivity contribution in [3.63, 3.8) is 0 Å². The van der Waals surface area contributed by atoms with Gasteiger partial charge >= 0.3 is 5.97 Å². The average Bonchev–Trinajstić information content (AvgIpc) is 2.89. The fourth-order valence-corrected chi connectivity index (χ4v) is 2.06. The minimum atomic E-state index is -0.808. The molecule has 0 aliphatic rings. The van der Waals surface area contributed by atoms with Crippen LogP contribution in [0.25, 0.3) is 0 Å². The third-order valence-electron chi connectivity index (χ3n) is 3.00. The van der Waals surface area contributed by atoms with Crippen LogP contribution in [0.1, 0.15) is 17.2 Å². The summed E-state index contributed by atoms with van der Waals surface area (Å²) in [4.78, 5) is 13.3. The lowest BCUT2D eigenvalue weighted by Crippen LogP contribution is -2.28. The van der Waals surface area contributed by atoms with E-state index in [9.17, 15) is 9.90 Å². The number of hydrogen-bond acceptors (Lipinski definition) is 3. The predicted octanol–water partition coefficient (Wildman–Crippen LogP) is 2.58. The second kappa shape index (κ2) is 6.20. The molecule has 1 N–H and O–H groups in total. The molecule has 1 aromatic carbocycles. The summed E-state index contributed by atoms with van der Waals surface area (Å²) in [5.41, 5.74) is 0.821. The second-order valence-electron chi connectivity index (χ2n) is 4.58. The molecule has 2 aromatic rings. The van der Waals surface area contributed by atoms with E-state index in [2.05, 4.69) is 0 Å². The predicted molar refractivity (Wildman–Crippen MR) is 71.9 cm³/mol. The van der Waals surface area contributed by atoms with Gasteiger partial charge < -0.3 is 9.52 Å². The van der Waals surface area contributed by atoms with Crippen LogP contribution < -0.4 is 0 Å². The van der Waals surface area contributed by atoms with E-state index in [0.29, 0.717) is 13.1 Å². The minimum absolute atomic E-state index is 0.444. The van der Waals surface area contributed by atoms with Crippen LogP contribution in [0.15, 0.2) is 53.1 Å². The largest absolute Gasteiger partial charge is 0.481 e. The number of hydrogen-bond donors (Lipinski definition) is 1. The molecule has 1 heterocycles. The van der Waals surface area contributed by atoms with Crippen LogP contribution >= 0.6 is 0 Å². The summed E-state index contributed by atoms with van der Waals surface area (Å²) in [6.45, 7) is 1.05. The first kappa shape index (κ1) is 13.4. The van der Waals surface area contributed by atoms with Crippen LogP contribution in [0.2, 0.25) is 0 Å². The van der Waals surface area contributed by atoms with Crippen molar-refractivity contribution in [3.8, 4) is 0 Å². The summed E-state index contributed by atoms with van der Waals surface area (Å²) in [6, 6.07) is 13.0. The zero-order valence-electron chi connectivity index (χ0n) is 10.8. The summed E-state index contributed by atoms with van der Waals surface area (Å²) in [5.74, 6) is -0.502. The van der Waals surface area contributed by atoms with E-state index < -0.39 is 11.9 Å². The highest BCUT2D eigenvalue weighted by atomic mass is 16.4. The molecule has 100 valence electrons. The molecule has 1 unspecified atom stereocenters. The van der Waals surface area contributed by atoms with Crippen LogP contribution in [0.5, 0.6) is 0 Å². The van der Waals surface area contributed by atoms with Crippen molar-refractivity contribution in [3.05, 3.63) is 60.1 Å². The van der Waals surface area contributed by atoms with Gasteiger partial charge in [0.25, 0.3) is 0 Å². The van der Waals surface area contributed by atoms with Crippen LogP contribution in [0.4, 0.5) is 0 Å². The monoisotopic (exact) mass is 259 g/mol. The quantitative estimate of drug-likeness (QED) is 0.866. The lowest BCUT2D eigenvalue weighted by Gasteiger charge is -2.20. The third kappa shape index (κ3) is 3.69. The van der Waals surface area contributed by atoms with Gasteiger partial charge in [0.15, 0.2) is 0 Å². The maximum atomic E-state index is 11.4. The number of carboxylic acid groups (broad SMARTS) is 1. The molecular formula is C15H17NO3. The SMILES string of the molecule is CN(Cc1ccco1)CC(C(=O)O)c1ccccc1. The molecule has 2 rings (SSSR count). The van der Waals surface area contributed by atoms with Gasteiger partial charge in [-0.05, 0) is 24.7 Å². The van der Waals surface area contributed by atoms with Gasteiger partial charge in [0.2, 0.25) is 0 Å². The molecule has 0 spiro atoms. The number of carboxylic acids is 1. The molecule has 0 radical (unpaired) electrons. The average molecular weight is 259 g/mol. The van der Waals surface area contributed by atoms with E-state index in [1.165, 1.54) is 0 Å². The molecule has 1 atom stereocenters. The highest BCUT2D eigenvalue weighted by Gasteiger charge is 2.21. The van der Waals surface area contributed by atoms with E-state index in [0.717, 1.165) is 11.3 Å². The van der Waals surface area contributed by atoms with Crippen LogP contribution in [0, 0.1) is 0 Å². The Morgan fingerprint density at radius 1 is 1.26 bits per heavy atom. The van der Waals surface area contributed by atoms with Gasteiger partial charge in [0, 0.05) is 6.54 Å². The highest BCUT2D eigenvalue weighted by Crippen LogP contribution is 2.18. The zero-order chi connectivity index (χ0) is 13.7. The van der Waals surface area contributed by atoms with Gasteiger partial charge in [-0.2, -0.15) is 0 Å². The summed E-state index contributed by atoms with van der Waals surface area (Å²) >= 11 is 0. The standard InChI is InChI=1S/C15H17NO3/c1-16(10-13-8-5-9-19-13)11-14(15(17)18)12-6-3-2-4-7-12/h2-9,14H,10-11H2,1H3,(H,17,18). The van der Waals surface area contributed by atoms with Gasteiger partial charge in [0.1, 0.15) is 5.76 Å². The Hall–Kier alpha value is -2.07. The topological polar surface area (TPSA) is 53.7 Å². The number of aliphatic carboxylic acids is 1. The summed E-state index contributed by atoms with van der Waals surface area (Å²) < 4.78 is 5.26. The van der Waals surface area contributed by atoms with Crippen molar-refractivity contribution in [2.75, 3.05) is 13.6 Å². The van der Waals surface area contributed by atoms with Crippen molar-refractivity contribution in [1.29, 1.82) is 0 Å². The Balaban J connectivity index is 2.03. The Labute approximate surface area is 112 Å². The fourth-order valence-electron chi connectivity index (χ4n) is 2.06. The maximum absolute atomic E-state index is 11.4. The van der Waals surface area contributed by atoms with E-state index in [1.54, 1.807) is 6.26 Å². The number of benzene rings is 1. The Morgan fingerprint density at radius 3 is 2.58 bits per heavy atom. The van der Waals surface area contributed by atoms with Crippen LogP contribution in [0.3, 0.4) is 0 Å². The molecule has 4 heteroatoms. The number of nitrogens with zero attached hydrogens (tertiary/aromatic N) is 1. The van der Waals surface area contributed by atoms with Crippen molar-refractivity contribution >= 4 is 5.97 Å². The first-order valence-corrected chi connectivity index (χ1v) is 6.15. The van der Waals surface area contributed by atoms with Gasteiger partial charge in [0.05, 0.1) is 18.7 Å². The summed E-state index contributed by atoms with van der Waals surface area (Å²) in [5, 5.41) is 9.35. The number of likely N-dealkylation sites (N-methyl/N-ethyl adjacent to an activating group) is 1. The fraction of sp³-hybridized carbons (Fsp3) is 0.267. The van der Waals surface area contributed by atoms with Crippen LogP contribution in [-0.4, -0.2) is 29.6 Å². The maximum Gasteiger partial charge on any atom is 0.312 e. The third-order valence-corrected chi connectivity index (χ3v) is 3.00. The molecular weight excluding hydrogens is 242 g/mol. The molecule has 0 fully saturated rings. The molecule has 0 saturated carbocycles. The van der Waals surface area contributed by atoms with E-state index in [1.807, 2.05) is 54.4 Å². The van der Waals surface area contributed by atoms with Crippen molar-refractivity contribution in [2.24, 2.45) is 0 Å². The zero-order valence-corrected chi connectivity index (χ0v) is 10.8. The number of carbonyl (C=O) groups is 1. The Morgan fingerprint density at radius 2 is 2.00 bits per heavy atom. The number of rotatable bonds is 6. The van der Waals surface area contributed by atoms with Crippen LogP contribution in [-0.2, 0) is 11.3 Å². The number of furan rings is 1. The smallest absolute Gasteiger partial charge is 0.312 e.